The molecule has 8 heteroatoms. The molecule has 2 aliphatic rings. The highest BCUT2D eigenvalue weighted by molar-refractivity contribution is 6.01. The second-order valence-corrected chi connectivity index (χ2v) is 6.73. The van der Waals surface area contributed by atoms with E-state index in [1.54, 1.807) is 19.2 Å². The number of nitrogens with zero attached hydrogens (tertiary/aromatic N) is 3. The molecule has 1 atom stereocenters. The fourth-order valence-electron chi connectivity index (χ4n) is 3.79. The van der Waals surface area contributed by atoms with E-state index in [1.807, 2.05) is 11.0 Å². The first-order valence-electron chi connectivity index (χ1n) is 8.77. The van der Waals surface area contributed by atoms with Gasteiger partial charge in [0.25, 0.3) is 0 Å². The second-order valence-electron chi connectivity index (χ2n) is 6.73. The van der Waals surface area contributed by atoms with Gasteiger partial charge in [0.15, 0.2) is 0 Å². The monoisotopic (exact) mass is 355 g/mol. The van der Waals surface area contributed by atoms with Crippen molar-refractivity contribution in [1.82, 2.24) is 20.1 Å². The molecule has 1 aromatic carbocycles. The molecule has 0 spiro atoms. The van der Waals surface area contributed by atoms with Crippen molar-refractivity contribution >= 4 is 17.5 Å². The molecule has 2 amide bonds. The predicted molar refractivity (Wildman–Crippen MR) is 93.9 cm³/mol. The fraction of sp³-hybridized carbons (Fsp3) is 0.444. The molecule has 136 valence electrons. The highest BCUT2D eigenvalue weighted by Gasteiger charge is 2.35. The van der Waals surface area contributed by atoms with Gasteiger partial charge in [0.1, 0.15) is 17.9 Å². The topological polar surface area (TPSA) is 100 Å². The van der Waals surface area contributed by atoms with Gasteiger partial charge < -0.3 is 15.0 Å². The number of benzene rings is 1. The lowest BCUT2D eigenvalue weighted by molar-refractivity contribution is -0.136. The summed E-state index contributed by atoms with van der Waals surface area (Å²) in [4.78, 5) is 31.3. The standard InChI is InChI=1S/C18H21N5O3/c1-26-12-2-3-15-13(8-12)14(9-16(24)21-15)18(25)23-6-4-11(5-7-23)17-19-10-20-22-17/h2-3,8,10-11,14H,4-7,9H2,1H3,(H,21,24)(H,19,20,22)/t14-/m1/s1. The first kappa shape index (κ1) is 16.6. The molecule has 26 heavy (non-hydrogen) atoms. The number of methoxy groups -OCH3 is 1. The Morgan fingerprint density at radius 3 is 2.81 bits per heavy atom. The Labute approximate surface area is 150 Å². The van der Waals surface area contributed by atoms with Gasteiger partial charge in [-0.05, 0) is 36.6 Å². The number of likely N-dealkylation sites (tertiary alicyclic amines) is 1. The Morgan fingerprint density at radius 1 is 1.31 bits per heavy atom. The number of H-pyrrole nitrogens is 1. The van der Waals surface area contributed by atoms with E-state index in [0.29, 0.717) is 30.4 Å². The first-order chi connectivity index (χ1) is 12.7. The molecule has 0 bridgehead atoms. The molecule has 1 saturated heterocycles. The van der Waals surface area contributed by atoms with Gasteiger partial charge in [-0.3, -0.25) is 14.7 Å². The third-order valence-electron chi connectivity index (χ3n) is 5.22. The van der Waals surface area contributed by atoms with Gasteiger partial charge >= 0.3 is 0 Å². The van der Waals surface area contributed by atoms with E-state index in [-0.39, 0.29) is 18.2 Å². The summed E-state index contributed by atoms with van der Waals surface area (Å²) >= 11 is 0. The Hall–Kier alpha value is -2.90. The summed E-state index contributed by atoms with van der Waals surface area (Å²) in [5.41, 5.74) is 1.52. The van der Waals surface area contributed by atoms with E-state index < -0.39 is 5.92 Å². The lowest BCUT2D eigenvalue weighted by atomic mass is 9.87. The Morgan fingerprint density at radius 2 is 2.12 bits per heavy atom. The number of aromatic amines is 1. The number of carbonyl (C=O) groups excluding carboxylic acids is 2. The molecule has 0 radical (unpaired) electrons. The average molecular weight is 355 g/mol. The molecule has 3 heterocycles. The second kappa shape index (κ2) is 6.78. The van der Waals surface area contributed by atoms with E-state index in [1.165, 1.54) is 6.33 Å². The minimum Gasteiger partial charge on any atom is -0.497 e. The van der Waals surface area contributed by atoms with Crippen LogP contribution in [0.4, 0.5) is 5.69 Å². The zero-order chi connectivity index (χ0) is 18.1. The molecular formula is C18H21N5O3. The van der Waals surface area contributed by atoms with Gasteiger partial charge in [0.2, 0.25) is 11.8 Å². The van der Waals surface area contributed by atoms with Gasteiger partial charge in [-0.1, -0.05) is 0 Å². The molecular weight excluding hydrogens is 334 g/mol. The third-order valence-corrected chi connectivity index (χ3v) is 5.22. The maximum absolute atomic E-state index is 13.1. The molecule has 0 unspecified atom stereocenters. The Balaban J connectivity index is 1.51. The van der Waals surface area contributed by atoms with Crippen molar-refractivity contribution in [3.63, 3.8) is 0 Å². The number of amides is 2. The van der Waals surface area contributed by atoms with Crippen molar-refractivity contribution in [1.29, 1.82) is 0 Å². The Bertz CT molecular complexity index is 812. The van der Waals surface area contributed by atoms with E-state index >= 15 is 0 Å². The first-order valence-corrected chi connectivity index (χ1v) is 8.77. The van der Waals surface area contributed by atoms with E-state index in [2.05, 4.69) is 20.5 Å². The van der Waals surface area contributed by atoms with Crippen LogP contribution in [0.15, 0.2) is 24.5 Å². The van der Waals surface area contributed by atoms with Gasteiger partial charge in [-0.25, -0.2) is 4.98 Å². The van der Waals surface area contributed by atoms with Crippen molar-refractivity contribution in [2.75, 3.05) is 25.5 Å². The van der Waals surface area contributed by atoms with Crippen LogP contribution in [0.1, 0.15) is 42.5 Å². The fourth-order valence-corrected chi connectivity index (χ4v) is 3.79. The number of anilines is 1. The number of nitrogens with one attached hydrogen (secondary N) is 2. The van der Waals surface area contributed by atoms with E-state index in [4.69, 9.17) is 4.74 Å². The highest BCUT2D eigenvalue weighted by Crippen LogP contribution is 2.37. The van der Waals surface area contributed by atoms with Gasteiger partial charge in [0.05, 0.1) is 13.0 Å². The lowest BCUT2D eigenvalue weighted by Gasteiger charge is -2.35. The molecule has 1 aromatic heterocycles. The average Bonchev–Trinajstić information content (AvgIpc) is 3.21. The van der Waals surface area contributed by atoms with Crippen LogP contribution in [-0.4, -0.2) is 52.1 Å². The lowest BCUT2D eigenvalue weighted by Crippen LogP contribution is -2.42. The summed E-state index contributed by atoms with van der Waals surface area (Å²) in [6.45, 7) is 1.31. The summed E-state index contributed by atoms with van der Waals surface area (Å²) < 4.78 is 5.28. The molecule has 0 aliphatic carbocycles. The number of aromatic nitrogens is 3. The third kappa shape index (κ3) is 3.02. The van der Waals surface area contributed by atoms with Crippen LogP contribution in [0.3, 0.4) is 0 Å². The molecule has 2 aliphatic heterocycles. The highest BCUT2D eigenvalue weighted by atomic mass is 16.5. The quantitative estimate of drug-likeness (QED) is 0.872. The summed E-state index contributed by atoms with van der Waals surface area (Å²) in [7, 11) is 1.59. The molecule has 8 nitrogen and oxygen atoms in total. The van der Waals surface area contributed by atoms with E-state index in [9.17, 15) is 9.59 Å². The normalized spacial score (nSPS) is 20.4. The van der Waals surface area contributed by atoms with Crippen molar-refractivity contribution in [2.45, 2.75) is 31.1 Å². The van der Waals surface area contributed by atoms with Crippen molar-refractivity contribution < 1.29 is 14.3 Å². The van der Waals surface area contributed by atoms with Gasteiger partial charge in [-0.15, -0.1) is 0 Å². The molecule has 2 N–H and O–H groups in total. The van der Waals surface area contributed by atoms with Crippen LogP contribution < -0.4 is 10.1 Å². The maximum Gasteiger partial charge on any atom is 0.230 e. The molecule has 0 saturated carbocycles. The van der Waals surface area contributed by atoms with Crippen LogP contribution in [-0.2, 0) is 9.59 Å². The van der Waals surface area contributed by atoms with Crippen LogP contribution in [0.25, 0.3) is 0 Å². The van der Waals surface area contributed by atoms with Gasteiger partial charge in [-0.2, -0.15) is 5.10 Å². The summed E-state index contributed by atoms with van der Waals surface area (Å²) in [6, 6.07) is 5.43. The number of rotatable bonds is 3. The smallest absolute Gasteiger partial charge is 0.230 e. The minimum absolute atomic E-state index is 0.00497. The number of ether oxygens (including phenoxy) is 1. The number of hydrogen-bond donors (Lipinski definition) is 2. The van der Waals surface area contributed by atoms with Crippen LogP contribution >= 0.6 is 0 Å². The number of carbonyl (C=O) groups is 2. The van der Waals surface area contributed by atoms with Gasteiger partial charge in [0, 0.05) is 31.1 Å². The zero-order valence-corrected chi connectivity index (χ0v) is 14.6. The molecule has 1 fully saturated rings. The van der Waals surface area contributed by atoms with Crippen LogP contribution in [0, 0.1) is 0 Å². The van der Waals surface area contributed by atoms with Crippen molar-refractivity contribution in [2.24, 2.45) is 0 Å². The molecule has 4 rings (SSSR count). The van der Waals surface area contributed by atoms with Crippen molar-refractivity contribution in [3.05, 3.63) is 35.9 Å². The maximum atomic E-state index is 13.1. The number of hydrogen-bond acceptors (Lipinski definition) is 5. The zero-order valence-electron chi connectivity index (χ0n) is 14.6. The summed E-state index contributed by atoms with van der Waals surface area (Å²) in [5, 5.41) is 9.66. The minimum atomic E-state index is -0.462. The van der Waals surface area contributed by atoms with Crippen LogP contribution in [0.2, 0.25) is 0 Å². The van der Waals surface area contributed by atoms with Crippen LogP contribution in [0.5, 0.6) is 5.75 Å². The summed E-state index contributed by atoms with van der Waals surface area (Å²) in [6.07, 6.45) is 3.36. The van der Waals surface area contributed by atoms with Crippen molar-refractivity contribution in [3.8, 4) is 5.75 Å². The number of piperidine rings is 1. The SMILES string of the molecule is COc1ccc2c(c1)[C@H](C(=O)N1CCC(c3ncn[nH]3)CC1)CC(=O)N2. The Kier molecular flexibility index (Phi) is 4.32. The molecule has 2 aromatic rings. The predicted octanol–water partition coefficient (Wildman–Crippen LogP) is 1.65. The number of fused-ring (bicyclic) bond motifs is 1. The summed E-state index contributed by atoms with van der Waals surface area (Å²) in [5.74, 6) is 1.27. The van der Waals surface area contributed by atoms with E-state index in [0.717, 1.165) is 24.2 Å². The largest absolute Gasteiger partial charge is 0.497 e.